The van der Waals surface area contributed by atoms with Crippen molar-refractivity contribution in [1.29, 1.82) is 0 Å². The number of aromatic nitrogens is 2. The van der Waals surface area contributed by atoms with Crippen LogP contribution in [0.15, 0.2) is 60.9 Å². The van der Waals surface area contributed by atoms with Crippen molar-refractivity contribution in [2.75, 3.05) is 13.1 Å². The molecule has 0 spiro atoms. The minimum absolute atomic E-state index is 0.137. The topological polar surface area (TPSA) is 60.9 Å². The van der Waals surface area contributed by atoms with Gasteiger partial charge in [0.25, 0.3) is 0 Å². The minimum Gasteiger partial charge on any atom is -0.380 e. The van der Waals surface area contributed by atoms with E-state index in [-0.39, 0.29) is 5.92 Å². The number of halogens is 1. The van der Waals surface area contributed by atoms with E-state index in [4.69, 9.17) is 11.6 Å². The number of hydrogen-bond donors (Lipinski definition) is 3. The van der Waals surface area contributed by atoms with Crippen LogP contribution in [0.5, 0.6) is 0 Å². The molecule has 1 unspecified atom stereocenters. The van der Waals surface area contributed by atoms with Crippen molar-refractivity contribution in [2.45, 2.75) is 19.4 Å². The molecule has 0 aliphatic carbocycles. The summed E-state index contributed by atoms with van der Waals surface area (Å²) in [5.74, 6) is 0.137. The zero-order valence-electron chi connectivity index (χ0n) is 15.0. The predicted molar refractivity (Wildman–Crippen MR) is 106 cm³/mol. The fraction of sp³-hybridized carbons (Fsp3) is 0.286. The summed E-state index contributed by atoms with van der Waals surface area (Å²) in [6.07, 6.45) is 3.65. The summed E-state index contributed by atoms with van der Waals surface area (Å²) in [5, 5.41) is 22.3. The highest BCUT2D eigenvalue weighted by Crippen LogP contribution is 2.39. The van der Waals surface area contributed by atoms with Crippen LogP contribution in [0.3, 0.4) is 0 Å². The van der Waals surface area contributed by atoms with E-state index < -0.39 is 5.60 Å². The normalized spacial score (nSPS) is 16.2. The average Bonchev–Trinajstić information content (AvgIpc) is 3.17. The molecule has 0 radical (unpaired) electrons. The first-order chi connectivity index (χ1) is 12.7. The van der Waals surface area contributed by atoms with Gasteiger partial charge in [-0.15, -0.1) is 0 Å². The van der Waals surface area contributed by atoms with Gasteiger partial charge in [-0.1, -0.05) is 61.8 Å². The number of hydrogen-bond acceptors (Lipinski definition) is 3. The van der Waals surface area contributed by atoms with Gasteiger partial charge in [-0.05, 0) is 28.8 Å². The first-order valence-electron chi connectivity index (χ1n) is 8.97. The highest BCUT2D eigenvalue weighted by Gasteiger charge is 2.43. The lowest BCUT2D eigenvalue weighted by Crippen LogP contribution is -2.54. The van der Waals surface area contributed by atoms with E-state index in [9.17, 15) is 5.11 Å². The number of nitrogens with one attached hydrogen (secondary N) is 2. The van der Waals surface area contributed by atoms with Crippen LogP contribution in [0.25, 0.3) is 11.1 Å². The van der Waals surface area contributed by atoms with Gasteiger partial charge in [-0.3, -0.25) is 5.10 Å². The van der Waals surface area contributed by atoms with Gasteiger partial charge in [-0.2, -0.15) is 5.10 Å². The quantitative estimate of drug-likeness (QED) is 0.645. The van der Waals surface area contributed by atoms with Crippen LogP contribution in [0, 0.1) is 5.92 Å². The Morgan fingerprint density at radius 1 is 0.962 bits per heavy atom. The number of aromatic amines is 1. The van der Waals surface area contributed by atoms with Gasteiger partial charge < -0.3 is 10.4 Å². The van der Waals surface area contributed by atoms with Crippen molar-refractivity contribution in [3.63, 3.8) is 0 Å². The minimum atomic E-state index is -1.02. The Hall–Kier alpha value is -2.14. The molecule has 1 aliphatic heterocycles. The Morgan fingerprint density at radius 3 is 2.00 bits per heavy atom. The van der Waals surface area contributed by atoms with E-state index in [1.165, 1.54) is 0 Å². The third-order valence-electron chi connectivity index (χ3n) is 4.81. The molecule has 1 fully saturated rings. The van der Waals surface area contributed by atoms with Gasteiger partial charge >= 0.3 is 0 Å². The molecule has 1 aromatic heterocycles. The van der Waals surface area contributed by atoms with E-state index in [1.54, 1.807) is 6.20 Å². The number of aliphatic hydroxyl groups is 1. The molecule has 5 heteroatoms. The van der Waals surface area contributed by atoms with E-state index >= 15 is 0 Å². The van der Waals surface area contributed by atoms with Crippen LogP contribution < -0.4 is 5.32 Å². The number of H-pyrrole nitrogens is 1. The van der Waals surface area contributed by atoms with Gasteiger partial charge in [0, 0.05) is 35.8 Å². The summed E-state index contributed by atoms with van der Waals surface area (Å²) in [5.41, 5.74) is 2.84. The number of benzene rings is 2. The number of nitrogens with zero attached hydrogens (tertiary/aromatic N) is 1. The zero-order chi connectivity index (χ0) is 18.6. The summed E-state index contributed by atoms with van der Waals surface area (Å²) in [6.45, 7) is 5.59. The van der Waals surface area contributed by atoms with Crippen LogP contribution in [-0.2, 0) is 5.60 Å². The summed E-state index contributed by atoms with van der Waals surface area (Å²) in [4.78, 5) is 0. The van der Waals surface area contributed by atoms with Crippen molar-refractivity contribution in [3.8, 4) is 11.1 Å². The molecule has 4 rings (SSSR count). The predicted octanol–water partition coefficient (Wildman–Crippen LogP) is 4.21. The van der Waals surface area contributed by atoms with Gasteiger partial charge in [-0.25, -0.2) is 0 Å². The molecule has 3 N–H and O–H groups in total. The molecule has 1 aliphatic rings. The Kier molecular flexibility index (Phi) is 5.77. The molecule has 26 heavy (non-hydrogen) atoms. The highest BCUT2D eigenvalue weighted by molar-refractivity contribution is 6.30. The monoisotopic (exact) mass is 369 g/mol. The Balaban J connectivity index is 0.000000948. The molecule has 3 aromatic rings. The van der Waals surface area contributed by atoms with Crippen LogP contribution in [-0.4, -0.2) is 28.4 Å². The lowest BCUT2D eigenvalue weighted by atomic mass is 9.73. The van der Waals surface area contributed by atoms with E-state index in [0.717, 1.165) is 35.3 Å². The maximum atomic E-state index is 11.6. The largest absolute Gasteiger partial charge is 0.380 e. The van der Waals surface area contributed by atoms with Crippen molar-refractivity contribution in [2.24, 2.45) is 5.92 Å². The summed E-state index contributed by atoms with van der Waals surface area (Å²) in [6, 6.07) is 15.5. The van der Waals surface area contributed by atoms with E-state index in [2.05, 4.69) is 15.5 Å². The molecule has 2 aromatic carbocycles. The SMILES string of the molecule is CC.OC(c1ccc(Cl)cc1)(c1ccc(-c2cn[nH]c2)cc1)C1CNC1. The van der Waals surface area contributed by atoms with Crippen molar-refractivity contribution < 1.29 is 5.11 Å². The van der Waals surface area contributed by atoms with Crippen molar-refractivity contribution in [3.05, 3.63) is 77.1 Å². The first-order valence-corrected chi connectivity index (χ1v) is 9.34. The second-order valence-corrected chi connectivity index (χ2v) is 6.63. The third kappa shape index (κ3) is 3.40. The Labute approximate surface area is 159 Å². The first kappa shape index (κ1) is 18.6. The van der Waals surface area contributed by atoms with Gasteiger partial charge in [0.05, 0.1) is 6.20 Å². The lowest BCUT2D eigenvalue weighted by Gasteiger charge is -2.43. The summed E-state index contributed by atoms with van der Waals surface area (Å²) >= 11 is 6.01. The smallest absolute Gasteiger partial charge is 0.120 e. The molecular formula is C21H24ClN3O. The fourth-order valence-electron chi connectivity index (χ4n) is 3.25. The lowest BCUT2D eigenvalue weighted by molar-refractivity contribution is -0.00748. The molecule has 1 saturated heterocycles. The summed E-state index contributed by atoms with van der Waals surface area (Å²) < 4.78 is 0. The van der Waals surface area contributed by atoms with Crippen LogP contribution >= 0.6 is 11.6 Å². The van der Waals surface area contributed by atoms with Crippen LogP contribution in [0.2, 0.25) is 5.02 Å². The molecule has 1 atom stereocenters. The van der Waals surface area contributed by atoms with Crippen molar-refractivity contribution in [1.82, 2.24) is 15.5 Å². The second kappa shape index (κ2) is 8.04. The maximum absolute atomic E-state index is 11.6. The third-order valence-corrected chi connectivity index (χ3v) is 5.07. The second-order valence-electron chi connectivity index (χ2n) is 6.19. The van der Waals surface area contributed by atoms with Gasteiger partial charge in [0.1, 0.15) is 5.60 Å². The van der Waals surface area contributed by atoms with Gasteiger partial charge in [0.2, 0.25) is 0 Å². The highest BCUT2D eigenvalue weighted by atomic mass is 35.5. The Morgan fingerprint density at radius 2 is 1.54 bits per heavy atom. The van der Waals surface area contributed by atoms with E-state index in [0.29, 0.717) is 5.02 Å². The zero-order valence-corrected chi connectivity index (χ0v) is 15.8. The summed E-state index contributed by atoms with van der Waals surface area (Å²) in [7, 11) is 0. The van der Waals surface area contributed by atoms with Crippen molar-refractivity contribution >= 4 is 11.6 Å². The van der Waals surface area contributed by atoms with Gasteiger partial charge in [0.15, 0.2) is 0 Å². The molecule has 0 saturated carbocycles. The maximum Gasteiger partial charge on any atom is 0.120 e. The fourth-order valence-corrected chi connectivity index (χ4v) is 3.38. The number of rotatable bonds is 4. The molecule has 0 bridgehead atoms. The average molecular weight is 370 g/mol. The Bertz CT molecular complexity index is 811. The van der Waals surface area contributed by atoms with Crippen LogP contribution in [0.4, 0.5) is 0 Å². The van der Waals surface area contributed by atoms with E-state index in [1.807, 2.05) is 68.6 Å². The van der Waals surface area contributed by atoms with Crippen LogP contribution in [0.1, 0.15) is 25.0 Å². The molecule has 4 nitrogen and oxygen atoms in total. The standard InChI is InChI=1S/C19H18ClN3O.C2H6/c20-18-7-5-16(6-8-18)19(24,17-11-21-12-17)15-3-1-13(2-4-15)14-9-22-23-10-14;1-2/h1-10,17,21,24H,11-12H2,(H,22,23);1-2H3. The molecule has 2 heterocycles. The molecule has 136 valence electrons. The molecular weight excluding hydrogens is 346 g/mol. The molecule has 0 amide bonds.